The highest BCUT2D eigenvalue weighted by molar-refractivity contribution is 5.70. The summed E-state index contributed by atoms with van der Waals surface area (Å²) in [7, 11) is 16.4. The van der Waals surface area contributed by atoms with Crippen molar-refractivity contribution in [2.75, 3.05) is 124 Å². The van der Waals surface area contributed by atoms with Gasteiger partial charge in [0.2, 0.25) is 11.5 Å². The van der Waals surface area contributed by atoms with Crippen molar-refractivity contribution >= 4 is 11.9 Å². The average Bonchev–Trinajstić information content (AvgIpc) is 3.45. The van der Waals surface area contributed by atoms with Crippen LogP contribution in [-0.4, -0.2) is 144 Å². The number of quaternary nitrogens is 2. The normalized spacial score (nSPS) is 18.2. The minimum absolute atomic E-state index is 0. The number of likely N-dealkylation sites (N-methyl/N-ethyl adjacent to an activating group) is 2. The van der Waals surface area contributed by atoms with Crippen LogP contribution in [0.2, 0.25) is 0 Å². The van der Waals surface area contributed by atoms with Gasteiger partial charge in [-0.05, 0) is 97.5 Å². The molecular weight excluding hydrogens is 1040 g/mol. The second kappa shape index (κ2) is 31.0. The number of carbonyl (C=O) groups excluding carboxylic acids is 2. The zero-order valence-corrected chi connectivity index (χ0v) is 49.5. The van der Waals surface area contributed by atoms with E-state index in [1.54, 1.807) is 71.1 Å². The molecule has 4 aromatic carbocycles. The van der Waals surface area contributed by atoms with Crippen molar-refractivity contribution in [3.05, 3.63) is 94.1 Å². The van der Waals surface area contributed by atoms with Gasteiger partial charge >= 0.3 is 11.9 Å². The Morgan fingerprint density at radius 3 is 1.08 bits per heavy atom. The van der Waals surface area contributed by atoms with E-state index in [9.17, 15) is 9.59 Å². The standard InChI is InChI=1S/C60H84N2O14.2ClH/c1-13-61(27-23-43-37-49(65-3)51(67-5)39-45(43)47(61)31-41-33-53(69-7)59(73-11)54(34-41)70-8)25-19-29-75-57(63)21-17-15-16-18-22-58(64)76-30-20-26-62(14-2)28-24-44-38-50(66-4)52(68-6)40-46(44)48(62)32-42-35-55(71-9)60(74-12)56(36-42)72-10;;/h15-16,33-40,47-48H,13-14,17-32H2,1-12H3;2*1H/q+2;;/p-2/b16-15+;;/t47-,48-,61?,62?;;/m1../s1. The fourth-order valence-electron chi connectivity index (χ4n) is 11.6. The molecule has 2 unspecified atom stereocenters. The van der Waals surface area contributed by atoms with Crippen LogP contribution in [0.1, 0.15) is 97.8 Å². The van der Waals surface area contributed by atoms with Crippen LogP contribution in [0.4, 0.5) is 0 Å². The number of methoxy groups -OCH3 is 10. The maximum Gasteiger partial charge on any atom is 0.306 e. The zero-order chi connectivity index (χ0) is 54.8. The highest BCUT2D eigenvalue weighted by atomic mass is 35.5. The Morgan fingerprint density at radius 2 is 0.782 bits per heavy atom. The molecule has 4 atom stereocenters. The number of benzene rings is 4. The largest absolute Gasteiger partial charge is 1.00 e. The van der Waals surface area contributed by atoms with Gasteiger partial charge in [0.15, 0.2) is 46.0 Å². The topological polar surface area (TPSA) is 145 Å². The number of allylic oxidation sites excluding steroid dienone is 2. The first-order valence-corrected chi connectivity index (χ1v) is 26.6. The average molecular weight is 1130 g/mol. The van der Waals surface area contributed by atoms with Gasteiger partial charge < -0.3 is 90.6 Å². The molecule has 2 heterocycles. The molecule has 0 fully saturated rings. The van der Waals surface area contributed by atoms with Gasteiger partial charge in [-0.25, -0.2) is 0 Å². The molecular formula is C60H84Cl2N2O14. The van der Waals surface area contributed by atoms with Crippen LogP contribution in [0, 0.1) is 0 Å². The molecule has 78 heavy (non-hydrogen) atoms. The molecule has 0 bridgehead atoms. The third kappa shape index (κ3) is 15.0. The van der Waals surface area contributed by atoms with Gasteiger partial charge in [0.05, 0.1) is 124 Å². The lowest BCUT2D eigenvalue weighted by molar-refractivity contribution is -0.957. The first-order valence-electron chi connectivity index (χ1n) is 26.6. The Kier molecular flexibility index (Phi) is 25.7. The highest BCUT2D eigenvalue weighted by Gasteiger charge is 2.44. The summed E-state index contributed by atoms with van der Waals surface area (Å²) in [5, 5.41) is 0. The van der Waals surface area contributed by atoms with E-state index in [4.69, 9.17) is 56.8 Å². The number of halogens is 2. The van der Waals surface area contributed by atoms with Crippen LogP contribution >= 0.6 is 0 Å². The lowest BCUT2D eigenvalue weighted by Gasteiger charge is -2.48. The molecule has 4 aromatic rings. The number of esters is 2. The van der Waals surface area contributed by atoms with Crippen LogP contribution in [0.25, 0.3) is 0 Å². The number of hydrogen-bond donors (Lipinski definition) is 0. The fraction of sp³-hybridized carbons (Fsp3) is 0.533. The smallest absolute Gasteiger partial charge is 0.306 e. The summed E-state index contributed by atoms with van der Waals surface area (Å²) in [5.41, 5.74) is 7.01. The van der Waals surface area contributed by atoms with Crippen LogP contribution in [-0.2, 0) is 44.7 Å². The zero-order valence-electron chi connectivity index (χ0n) is 48.0. The number of nitrogens with zero attached hydrogens (tertiary/aromatic N) is 2. The first-order chi connectivity index (χ1) is 36.9. The number of carbonyl (C=O) groups is 2. The van der Waals surface area contributed by atoms with Gasteiger partial charge in [-0.3, -0.25) is 9.59 Å². The highest BCUT2D eigenvalue weighted by Crippen LogP contribution is 2.48. The van der Waals surface area contributed by atoms with E-state index < -0.39 is 0 Å². The number of rotatable bonds is 30. The van der Waals surface area contributed by atoms with Crippen LogP contribution < -0.4 is 72.2 Å². The summed E-state index contributed by atoms with van der Waals surface area (Å²) >= 11 is 0. The summed E-state index contributed by atoms with van der Waals surface area (Å²) in [4.78, 5) is 25.9. The molecule has 2 aliphatic heterocycles. The molecule has 0 amide bonds. The van der Waals surface area contributed by atoms with Gasteiger partial charge in [0, 0.05) is 62.5 Å². The van der Waals surface area contributed by atoms with E-state index in [0.29, 0.717) is 109 Å². The second-order valence-electron chi connectivity index (χ2n) is 19.5. The van der Waals surface area contributed by atoms with Crippen molar-refractivity contribution in [1.29, 1.82) is 0 Å². The summed E-state index contributed by atoms with van der Waals surface area (Å²) < 4.78 is 70.4. The van der Waals surface area contributed by atoms with Gasteiger partial charge in [-0.1, -0.05) is 12.2 Å². The van der Waals surface area contributed by atoms with Crippen molar-refractivity contribution in [2.45, 2.75) is 90.1 Å². The summed E-state index contributed by atoms with van der Waals surface area (Å²) in [6.45, 7) is 10.4. The first kappa shape index (κ1) is 64.6. The molecule has 2 aliphatic rings. The minimum Gasteiger partial charge on any atom is -1.00 e. The van der Waals surface area contributed by atoms with Gasteiger partial charge in [0.25, 0.3) is 0 Å². The molecule has 16 nitrogen and oxygen atoms in total. The number of ether oxygens (including phenoxy) is 12. The number of fused-ring (bicyclic) bond motifs is 2. The van der Waals surface area contributed by atoms with Crippen molar-refractivity contribution < 1.29 is 100 Å². The van der Waals surface area contributed by atoms with E-state index in [1.807, 2.05) is 36.4 Å². The predicted molar refractivity (Wildman–Crippen MR) is 291 cm³/mol. The molecule has 0 saturated heterocycles. The monoisotopic (exact) mass is 1130 g/mol. The van der Waals surface area contributed by atoms with Crippen LogP contribution in [0.5, 0.6) is 57.5 Å². The van der Waals surface area contributed by atoms with Gasteiger partial charge in [-0.15, -0.1) is 0 Å². The van der Waals surface area contributed by atoms with Crippen molar-refractivity contribution in [3.63, 3.8) is 0 Å². The van der Waals surface area contributed by atoms with Crippen LogP contribution in [0.3, 0.4) is 0 Å². The quantitative estimate of drug-likeness (QED) is 0.0323. The second-order valence-corrected chi connectivity index (χ2v) is 19.5. The third-order valence-corrected chi connectivity index (χ3v) is 15.8. The van der Waals surface area contributed by atoms with Gasteiger partial charge in [0.1, 0.15) is 12.1 Å². The van der Waals surface area contributed by atoms with E-state index in [0.717, 1.165) is 72.2 Å². The van der Waals surface area contributed by atoms with E-state index in [-0.39, 0.29) is 61.7 Å². The molecule has 0 radical (unpaired) electrons. The van der Waals surface area contributed by atoms with Crippen molar-refractivity contribution in [1.82, 2.24) is 0 Å². The molecule has 0 saturated carbocycles. The summed E-state index contributed by atoms with van der Waals surface area (Å²) in [6, 6.07) is 16.7. The summed E-state index contributed by atoms with van der Waals surface area (Å²) in [5.74, 6) is 5.88. The Morgan fingerprint density at radius 1 is 0.462 bits per heavy atom. The molecule has 0 spiro atoms. The lowest BCUT2D eigenvalue weighted by Crippen LogP contribution is -3.00. The van der Waals surface area contributed by atoms with Crippen molar-refractivity contribution in [3.8, 4) is 57.5 Å². The maximum atomic E-state index is 12.9. The predicted octanol–water partition coefficient (Wildman–Crippen LogP) is 3.82. The van der Waals surface area contributed by atoms with E-state index >= 15 is 0 Å². The molecule has 432 valence electrons. The van der Waals surface area contributed by atoms with E-state index in [2.05, 4.69) is 38.1 Å². The molecule has 0 aromatic heterocycles. The fourth-order valence-corrected chi connectivity index (χ4v) is 11.6. The van der Waals surface area contributed by atoms with Crippen molar-refractivity contribution in [2.24, 2.45) is 0 Å². The minimum atomic E-state index is -0.240. The van der Waals surface area contributed by atoms with E-state index in [1.165, 1.54) is 22.3 Å². The van der Waals surface area contributed by atoms with Gasteiger partial charge in [-0.2, -0.15) is 0 Å². The Labute approximate surface area is 475 Å². The third-order valence-electron chi connectivity index (χ3n) is 15.8. The molecule has 0 aliphatic carbocycles. The summed E-state index contributed by atoms with van der Waals surface area (Å²) in [6.07, 6.45) is 10.0. The SMILES string of the molecule is CC[N+]1(CCCOC(=O)CC/C=C/CCC(=O)OCCC[N+]2(CC)CCc3cc(OC)c(OC)cc3[C@H]2Cc2cc(OC)c(OC)c(OC)c2)CCc2cc(OC)c(OC)cc2[C@H]1Cc1cc(OC)c(OC)c(OC)c1.[Cl-].[Cl-]. The molecule has 0 N–H and O–H groups in total. The lowest BCUT2D eigenvalue weighted by atomic mass is 9.85. The Hall–Kier alpha value is -5.94. The van der Waals surface area contributed by atoms with Crippen LogP contribution in [0.15, 0.2) is 60.7 Å². The molecule has 18 heteroatoms. The maximum absolute atomic E-state index is 12.9. The Bertz CT molecular complexity index is 2390. The number of hydrogen-bond acceptors (Lipinski definition) is 14. The molecule has 6 rings (SSSR count). The Balaban J connectivity index is 0.00000656.